The Morgan fingerprint density at radius 2 is 1.87 bits per heavy atom. The summed E-state index contributed by atoms with van der Waals surface area (Å²) < 4.78 is 5.23. The van der Waals surface area contributed by atoms with Gasteiger partial charge in [-0.2, -0.15) is 0 Å². The lowest BCUT2D eigenvalue weighted by Gasteiger charge is -2.39. The minimum atomic E-state index is -0.495. The van der Waals surface area contributed by atoms with E-state index in [1.807, 2.05) is 6.92 Å². The smallest absolute Gasteiger partial charge is 0.271 e. The van der Waals surface area contributed by atoms with Gasteiger partial charge in [0.25, 0.3) is 5.69 Å². The molecule has 1 fully saturated rings. The maximum Gasteiger partial charge on any atom is 0.271 e. The van der Waals surface area contributed by atoms with E-state index in [0.717, 1.165) is 26.2 Å². The zero-order chi connectivity index (χ0) is 21.8. The number of non-ortho nitro benzene ring substituents is 1. The highest BCUT2D eigenvalue weighted by atomic mass is 16.6. The van der Waals surface area contributed by atoms with Crippen LogP contribution in [0.1, 0.15) is 18.1 Å². The van der Waals surface area contributed by atoms with Gasteiger partial charge in [0.15, 0.2) is 0 Å². The summed E-state index contributed by atoms with van der Waals surface area (Å²) >= 11 is 0. The van der Waals surface area contributed by atoms with E-state index in [9.17, 15) is 14.9 Å². The average molecular weight is 412 g/mol. The van der Waals surface area contributed by atoms with Crippen LogP contribution < -0.4 is 15.0 Å². The number of hydrogen-bond acceptors (Lipinski definition) is 6. The summed E-state index contributed by atoms with van der Waals surface area (Å²) in [6, 6.07) is 10.1. The molecule has 3 rings (SSSR count). The van der Waals surface area contributed by atoms with Crippen molar-refractivity contribution in [3.8, 4) is 5.75 Å². The fourth-order valence-corrected chi connectivity index (χ4v) is 3.74. The number of piperazine rings is 1. The second kappa shape index (κ2) is 9.13. The molecule has 1 heterocycles. The predicted molar refractivity (Wildman–Crippen MR) is 117 cm³/mol. The number of nitro groups is 1. The van der Waals surface area contributed by atoms with Crippen LogP contribution in [0.3, 0.4) is 0 Å². The van der Waals surface area contributed by atoms with Crippen LogP contribution in [0.15, 0.2) is 36.4 Å². The van der Waals surface area contributed by atoms with Gasteiger partial charge in [-0.05, 0) is 44.0 Å². The molecule has 8 nitrogen and oxygen atoms in total. The summed E-state index contributed by atoms with van der Waals surface area (Å²) in [5.74, 6) is 0.176. The molecule has 160 valence electrons. The maximum atomic E-state index is 12.8. The topological polar surface area (TPSA) is 87.9 Å². The van der Waals surface area contributed by atoms with Gasteiger partial charge in [-0.15, -0.1) is 0 Å². The number of hydrogen-bond donors (Lipinski definition) is 1. The molecule has 8 heteroatoms. The van der Waals surface area contributed by atoms with Gasteiger partial charge in [-0.1, -0.05) is 12.1 Å². The summed E-state index contributed by atoms with van der Waals surface area (Å²) in [6.07, 6.45) is 0. The highest BCUT2D eigenvalue weighted by Gasteiger charge is 2.27. The normalized spacial score (nSPS) is 15.5. The molecule has 0 bridgehead atoms. The van der Waals surface area contributed by atoms with Crippen LogP contribution in [-0.2, 0) is 4.79 Å². The van der Waals surface area contributed by atoms with Crippen molar-refractivity contribution in [3.63, 3.8) is 0 Å². The maximum absolute atomic E-state index is 12.8. The number of anilines is 2. The molecule has 0 aromatic heterocycles. The number of benzene rings is 2. The largest absolute Gasteiger partial charge is 0.495 e. The van der Waals surface area contributed by atoms with E-state index >= 15 is 0 Å². The Kier molecular flexibility index (Phi) is 6.56. The first-order valence-electron chi connectivity index (χ1n) is 10.0. The molecule has 0 radical (unpaired) electrons. The second-order valence-electron chi connectivity index (χ2n) is 7.55. The van der Waals surface area contributed by atoms with E-state index in [1.54, 1.807) is 0 Å². The lowest BCUT2D eigenvalue weighted by atomic mass is 10.1. The third-order valence-corrected chi connectivity index (χ3v) is 5.81. The van der Waals surface area contributed by atoms with Gasteiger partial charge in [0.2, 0.25) is 5.91 Å². The van der Waals surface area contributed by atoms with E-state index in [4.69, 9.17) is 4.74 Å². The molecule has 0 spiro atoms. The first-order chi connectivity index (χ1) is 14.3. The number of aryl methyl sites for hydroxylation is 1. The molecule has 1 amide bonds. The van der Waals surface area contributed by atoms with Crippen molar-refractivity contribution in [3.05, 3.63) is 57.6 Å². The molecule has 2 aromatic carbocycles. The standard InChI is InChI=1S/C22H28N4O4/c1-15-6-5-7-20(16(15)2)25-12-10-24(11-13-25)17(3)22(27)23-19-14-18(26(28)29)8-9-21(19)30-4/h5-9,14,17H,10-13H2,1-4H3,(H,23,27)/t17-/m1/s1. The quantitative estimate of drug-likeness (QED) is 0.578. The lowest BCUT2D eigenvalue weighted by molar-refractivity contribution is -0.384. The van der Waals surface area contributed by atoms with Crippen molar-refractivity contribution in [2.45, 2.75) is 26.8 Å². The molecule has 1 saturated heterocycles. The van der Waals surface area contributed by atoms with E-state index in [0.29, 0.717) is 11.4 Å². The van der Waals surface area contributed by atoms with Gasteiger partial charge >= 0.3 is 0 Å². The fraction of sp³-hybridized carbons (Fsp3) is 0.409. The average Bonchev–Trinajstić information content (AvgIpc) is 2.75. The van der Waals surface area contributed by atoms with Crippen molar-refractivity contribution in [2.75, 3.05) is 43.5 Å². The molecular formula is C22H28N4O4. The van der Waals surface area contributed by atoms with Gasteiger partial charge in [0.05, 0.1) is 23.8 Å². The molecule has 1 aliphatic rings. The van der Waals surface area contributed by atoms with Crippen LogP contribution >= 0.6 is 0 Å². The number of amides is 1. The molecule has 2 aromatic rings. The Balaban J connectivity index is 1.65. The van der Waals surface area contributed by atoms with Gasteiger partial charge < -0.3 is 15.0 Å². The molecule has 0 aliphatic carbocycles. The number of ether oxygens (including phenoxy) is 1. The number of methoxy groups -OCH3 is 1. The monoisotopic (exact) mass is 412 g/mol. The number of nitrogens with one attached hydrogen (secondary N) is 1. The van der Waals surface area contributed by atoms with Crippen LogP contribution in [0, 0.1) is 24.0 Å². The zero-order valence-electron chi connectivity index (χ0n) is 17.8. The van der Waals surface area contributed by atoms with Crippen LogP contribution in [-0.4, -0.2) is 55.1 Å². The number of carbonyl (C=O) groups excluding carboxylic acids is 1. The Morgan fingerprint density at radius 3 is 2.50 bits per heavy atom. The fourth-order valence-electron chi connectivity index (χ4n) is 3.74. The van der Waals surface area contributed by atoms with Crippen molar-refractivity contribution >= 4 is 23.0 Å². The van der Waals surface area contributed by atoms with Gasteiger partial charge in [-0.25, -0.2) is 0 Å². The molecule has 0 unspecified atom stereocenters. The van der Waals surface area contributed by atoms with Gasteiger partial charge in [0.1, 0.15) is 5.75 Å². The molecule has 1 atom stereocenters. The number of nitrogens with zero attached hydrogens (tertiary/aromatic N) is 3. The van der Waals surface area contributed by atoms with E-state index in [2.05, 4.69) is 47.2 Å². The molecular weight excluding hydrogens is 384 g/mol. The minimum absolute atomic E-state index is 0.0964. The van der Waals surface area contributed by atoms with Crippen LogP contribution in [0.5, 0.6) is 5.75 Å². The third kappa shape index (κ3) is 4.54. The molecule has 0 saturated carbocycles. The first-order valence-corrected chi connectivity index (χ1v) is 10.0. The van der Waals surface area contributed by atoms with Gasteiger partial charge in [0, 0.05) is 44.0 Å². The van der Waals surface area contributed by atoms with Crippen molar-refractivity contribution in [2.24, 2.45) is 0 Å². The lowest BCUT2D eigenvalue weighted by Crippen LogP contribution is -2.53. The van der Waals surface area contributed by atoms with Crippen LogP contribution in [0.2, 0.25) is 0 Å². The third-order valence-electron chi connectivity index (χ3n) is 5.81. The van der Waals surface area contributed by atoms with Gasteiger partial charge in [-0.3, -0.25) is 19.8 Å². The van der Waals surface area contributed by atoms with Crippen molar-refractivity contribution in [1.29, 1.82) is 0 Å². The highest BCUT2D eigenvalue weighted by Crippen LogP contribution is 2.29. The minimum Gasteiger partial charge on any atom is -0.495 e. The SMILES string of the molecule is COc1ccc([N+](=O)[O-])cc1NC(=O)[C@@H](C)N1CCN(c2cccc(C)c2C)CC1. The molecule has 1 aliphatic heterocycles. The van der Waals surface area contributed by atoms with E-state index in [-0.39, 0.29) is 17.6 Å². The Labute approximate surface area is 176 Å². The van der Waals surface area contributed by atoms with Crippen molar-refractivity contribution < 1.29 is 14.5 Å². The van der Waals surface area contributed by atoms with Crippen LogP contribution in [0.25, 0.3) is 0 Å². The second-order valence-corrected chi connectivity index (χ2v) is 7.55. The summed E-state index contributed by atoms with van der Waals surface area (Å²) in [5, 5.41) is 13.8. The summed E-state index contributed by atoms with van der Waals surface area (Å²) in [7, 11) is 1.47. The summed E-state index contributed by atoms with van der Waals surface area (Å²) in [6.45, 7) is 9.29. The summed E-state index contributed by atoms with van der Waals surface area (Å²) in [4.78, 5) is 27.9. The number of nitro benzene ring substituents is 1. The Hall–Kier alpha value is -3.13. The van der Waals surface area contributed by atoms with E-state index in [1.165, 1.54) is 42.1 Å². The molecule has 30 heavy (non-hydrogen) atoms. The first kappa shape index (κ1) is 21.6. The number of rotatable bonds is 6. The summed E-state index contributed by atoms with van der Waals surface area (Å²) in [5.41, 5.74) is 4.01. The Bertz CT molecular complexity index is 939. The number of carbonyl (C=O) groups is 1. The predicted octanol–water partition coefficient (Wildman–Crippen LogP) is 3.37. The van der Waals surface area contributed by atoms with Crippen molar-refractivity contribution in [1.82, 2.24) is 4.90 Å². The van der Waals surface area contributed by atoms with E-state index < -0.39 is 4.92 Å². The Morgan fingerprint density at radius 1 is 1.17 bits per heavy atom. The highest BCUT2D eigenvalue weighted by molar-refractivity contribution is 5.96. The molecule has 1 N–H and O–H groups in total. The zero-order valence-corrected chi connectivity index (χ0v) is 17.8. The van der Waals surface area contributed by atoms with Crippen LogP contribution in [0.4, 0.5) is 17.1 Å².